The lowest BCUT2D eigenvalue weighted by molar-refractivity contribution is -0.179. The third kappa shape index (κ3) is 17.6. The second kappa shape index (κ2) is 22.8. The molecule has 0 saturated carbocycles. The molecule has 0 rings (SSSR count). The van der Waals surface area contributed by atoms with E-state index in [1.165, 1.54) is 18.2 Å². The Bertz CT molecular complexity index is 824. The van der Waals surface area contributed by atoms with Crippen LogP contribution in [0, 0.1) is 0 Å². The molecule has 0 aromatic carbocycles. The molecule has 0 aliphatic carbocycles. The molecule has 4 N–H and O–H groups in total. The Morgan fingerprint density at radius 2 is 1.00 bits per heavy atom. The van der Waals surface area contributed by atoms with Crippen molar-refractivity contribution in [2.24, 2.45) is 0 Å². The zero-order chi connectivity index (χ0) is 30.3. The smallest absolute Gasteiger partial charge is 0.330 e. The largest absolute Gasteiger partial charge is 0.460 e. The minimum atomic E-state index is -1.47. The number of carbonyl (C=O) groups excluding carboxylic acids is 4. The van der Waals surface area contributed by atoms with E-state index in [1.807, 2.05) is 0 Å². The van der Waals surface area contributed by atoms with Crippen LogP contribution < -0.4 is 0 Å². The van der Waals surface area contributed by atoms with Crippen LogP contribution in [0.3, 0.4) is 0 Å². The van der Waals surface area contributed by atoms with Gasteiger partial charge in [-0.3, -0.25) is 0 Å². The second-order valence-electron chi connectivity index (χ2n) is 8.14. The third-order valence-electron chi connectivity index (χ3n) is 4.63. The monoisotopic (exact) mass is 576 g/mol. The van der Waals surface area contributed by atoms with Gasteiger partial charge in [0.1, 0.15) is 56.4 Å². The van der Waals surface area contributed by atoms with Gasteiger partial charge in [-0.2, -0.15) is 0 Å². The number of hydrogen-bond donors (Lipinski definition) is 4. The molecule has 0 aromatic heterocycles. The van der Waals surface area contributed by atoms with Crippen molar-refractivity contribution in [3.63, 3.8) is 0 Å². The van der Waals surface area contributed by atoms with Gasteiger partial charge in [-0.25, -0.2) is 14.4 Å². The molecular formula is C26H40O14. The van der Waals surface area contributed by atoms with Crippen molar-refractivity contribution in [1.82, 2.24) is 0 Å². The van der Waals surface area contributed by atoms with Crippen LogP contribution in [0.1, 0.15) is 20.8 Å². The molecule has 0 bridgehead atoms. The predicted molar refractivity (Wildman–Crippen MR) is 138 cm³/mol. The van der Waals surface area contributed by atoms with Gasteiger partial charge in [-0.15, -0.1) is 0 Å². The summed E-state index contributed by atoms with van der Waals surface area (Å²) in [5, 5.41) is 40.2. The number of ether oxygens (including phenoxy) is 6. The van der Waals surface area contributed by atoms with Gasteiger partial charge < -0.3 is 53.6 Å². The van der Waals surface area contributed by atoms with E-state index in [9.17, 15) is 39.6 Å². The highest BCUT2D eigenvalue weighted by atomic mass is 16.6. The molecule has 3 unspecified atom stereocenters. The number of aliphatic hydroxyl groups excluding tert-OH is 4. The molecule has 0 radical (unpaired) electrons. The maximum Gasteiger partial charge on any atom is 0.330 e. The molecule has 6 atom stereocenters. The van der Waals surface area contributed by atoms with Crippen molar-refractivity contribution in [3.8, 4) is 0 Å². The molecule has 0 spiro atoms. The second-order valence-corrected chi connectivity index (χ2v) is 8.14. The Balaban J connectivity index is 5.34. The molecule has 0 saturated heterocycles. The van der Waals surface area contributed by atoms with Gasteiger partial charge in [0, 0.05) is 18.2 Å². The molecule has 0 aliphatic rings. The fraction of sp³-hybridized carbons (Fsp3) is 0.615. The Kier molecular flexibility index (Phi) is 21.1. The lowest BCUT2D eigenvalue weighted by Gasteiger charge is -2.31. The normalized spacial score (nSPS) is 16.4. The third-order valence-corrected chi connectivity index (χ3v) is 4.63. The van der Waals surface area contributed by atoms with E-state index in [4.69, 9.17) is 28.4 Å². The fourth-order valence-corrected chi connectivity index (χ4v) is 2.79. The topological polar surface area (TPSA) is 205 Å². The lowest BCUT2D eigenvalue weighted by Crippen LogP contribution is -2.48. The van der Waals surface area contributed by atoms with Crippen LogP contribution in [0.4, 0.5) is 0 Å². The zero-order valence-electron chi connectivity index (χ0n) is 22.8. The first kappa shape index (κ1) is 37.0. The average Bonchev–Trinajstić information content (AvgIpc) is 2.92. The molecule has 0 fully saturated rings. The number of carbonyl (C=O) groups is 4. The van der Waals surface area contributed by atoms with E-state index in [-0.39, 0.29) is 0 Å². The Labute approximate surface area is 232 Å². The summed E-state index contributed by atoms with van der Waals surface area (Å²) in [6.45, 7) is 1.35. The number of rotatable bonds is 22. The SMILES string of the molecule is CC=CC(=O)OCC(O)CO[C@H]([C@H](C=O)OCC(O)COC(=O)C=CC)[C@@H](CO)OCC(O)COC(=O)C=CC. The highest BCUT2D eigenvalue weighted by molar-refractivity contribution is 5.82. The first-order valence-electron chi connectivity index (χ1n) is 12.4. The maximum atomic E-state index is 11.9. The number of hydrogen-bond acceptors (Lipinski definition) is 14. The van der Waals surface area contributed by atoms with Crippen molar-refractivity contribution in [2.75, 3.05) is 46.2 Å². The minimum absolute atomic E-state index is 0.309. The predicted octanol–water partition coefficient (Wildman–Crippen LogP) is -1.23. The van der Waals surface area contributed by atoms with Crippen LogP contribution in [0.15, 0.2) is 36.5 Å². The molecule has 40 heavy (non-hydrogen) atoms. The summed E-state index contributed by atoms with van der Waals surface area (Å²) in [5.74, 6) is -2.07. The molecular weight excluding hydrogens is 536 g/mol. The molecule has 0 aromatic rings. The van der Waals surface area contributed by atoms with Gasteiger partial charge in [0.2, 0.25) is 0 Å². The maximum absolute atomic E-state index is 11.9. The van der Waals surface area contributed by atoms with Crippen molar-refractivity contribution in [2.45, 2.75) is 57.4 Å². The van der Waals surface area contributed by atoms with Gasteiger partial charge in [0.05, 0.1) is 26.4 Å². The average molecular weight is 577 g/mol. The van der Waals surface area contributed by atoms with Crippen LogP contribution in [0.5, 0.6) is 0 Å². The van der Waals surface area contributed by atoms with Crippen molar-refractivity contribution in [3.05, 3.63) is 36.5 Å². The minimum Gasteiger partial charge on any atom is -0.460 e. The summed E-state index contributed by atoms with van der Waals surface area (Å²) in [6, 6.07) is 0. The number of aliphatic hydroxyl groups is 4. The van der Waals surface area contributed by atoms with Crippen LogP contribution in [-0.2, 0) is 47.6 Å². The number of aldehydes is 1. The quantitative estimate of drug-likeness (QED) is 0.0516. The van der Waals surface area contributed by atoms with Gasteiger partial charge in [-0.1, -0.05) is 18.2 Å². The first-order chi connectivity index (χ1) is 19.1. The summed E-state index contributed by atoms with van der Waals surface area (Å²) in [5.41, 5.74) is 0. The van der Waals surface area contributed by atoms with Crippen molar-refractivity contribution in [1.29, 1.82) is 0 Å². The zero-order valence-corrected chi connectivity index (χ0v) is 22.8. The van der Waals surface area contributed by atoms with Crippen molar-refractivity contribution < 1.29 is 68.0 Å². The summed E-state index contributed by atoms with van der Waals surface area (Å²) in [6.07, 6.45) is -0.0361. The highest BCUT2D eigenvalue weighted by Crippen LogP contribution is 2.14. The molecule has 14 heteroatoms. The Morgan fingerprint density at radius 1 is 0.625 bits per heavy atom. The Morgan fingerprint density at radius 3 is 1.35 bits per heavy atom. The van der Waals surface area contributed by atoms with Gasteiger partial charge in [0.15, 0.2) is 6.29 Å². The Hall–Kier alpha value is -2.98. The van der Waals surface area contributed by atoms with E-state index >= 15 is 0 Å². The summed E-state index contributed by atoms with van der Waals surface area (Å²) < 4.78 is 30.9. The van der Waals surface area contributed by atoms with Crippen LogP contribution in [0.2, 0.25) is 0 Å². The number of allylic oxidation sites excluding steroid dienone is 3. The number of esters is 3. The molecule has 0 aliphatic heterocycles. The van der Waals surface area contributed by atoms with Crippen molar-refractivity contribution >= 4 is 24.2 Å². The molecule has 14 nitrogen and oxygen atoms in total. The lowest BCUT2D eigenvalue weighted by atomic mass is 10.1. The van der Waals surface area contributed by atoms with E-state index in [0.717, 1.165) is 18.2 Å². The van der Waals surface area contributed by atoms with Gasteiger partial charge >= 0.3 is 17.9 Å². The van der Waals surface area contributed by atoms with Gasteiger partial charge in [-0.05, 0) is 20.8 Å². The van der Waals surface area contributed by atoms with E-state index in [2.05, 4.69) is 0 Å². The van der Waals surface area contributed by atoms with E-state index < -0.39 is 101 Å². The molecule has 228 valence electrons. The van der Waals surface area contributed by atoms with Crippen LogP contribution >= 0.6 is 0 Å². The summed E-state index contributed by atoms with van der Waals surface area (Å²) in [4.78, 5) is 46.2. The summed E-state index contributed by atoms with van der Waals surface area (Å²) in [7, 11) is 0. The summed E-state index contributed by atoms with van der Waals surface area (Å²) >= 11 is 0. The van der Waals surface area contributed by atoms with E-state index in [1.54, 1.807) is 20.8 Å². The van der Waals surface area contributed by atoms with Crippen LogP contribution in [0.25, 0.3) is 0 Å². The standard InChI is InChI=1S/C26H40O14/c1-4-7-23(32)37-14-18(29)12-35-21(10-27)26(40-17-20(31)16-39-25(34)9-6-3)22(11-28)36-13-19(30)15-38-24(33)8-5-2/h4-10,18-22,26,28-31H,11-17H2,1-3H3/t18?,19?,20?,21-,22+,26+/m0/s1. The highest BCUT2D eigenvalue weighted by Gasteiger charge is 2.33. The molecule has 0 heterocycles. The fourth-order valence-electron chi connectivity index (χ4n) is 2.79. The first-order valence-corrected chi connectivity index (χ1v) is 12.4. The van der Waals surface area contributed by atoms with Crippen LogP contribution in [-0.4, -0.2) is 127 Å². The van der Waals surface area contributed by atoms with Gasteiger partial charge in [0.25, 0.3) is 0 Å². The van der Waals surface area contributed by atoms with E-state index in [0.29, 0.717) is 6.29 Å². The molecule has 0 amide bonds.